The number of benzene rings is 1. The summed E-state index contributed by atoms with van der Waals surface area (Å²) in [5.41, 5.74) is 0.961. The summed E-state index contributed by atoms with van der Waals surface area (Å²) in [6.07, 6.45) is 0. The molecule has 0 unspecified atom stereocenters. The van der Waals surface area contributed by atoms with Gasteiger partial charge in [0, 0.05) is 7.05 Å². The maximum atomic E-state index is 12.2. The van der Waals surface area contributed by atoms with Gasteiger partial charge in [0.15, 0.2) is 0 Å². The van der Waals surface area contributed by atoms with Gasteiger partial charge < -0.3 is 9.64 Å². The first kappa shape index (κ1) is 13.7. The van der Waals surface area contributed by atoms with Gasteiger partial charge in [-0.3, -0.25) is 4.79 Å². The largest absolute Gasteiger partial charge is 0.433 e. The SMILES string of the molecule is Cc1cccc(OC(F)F)c1N(C)C(=O)CCl. The van der Waals surface area contributed by atoms with E-state index in [4.69, 9.17) is 11.6 Å². The van der Waals surface area contributed by atoms with E-state index in [2.05, 4.69) is 4.74 Å². The molecule has 1 aromatic carbocycles. The summed E-state index contributed by atoms with van der Waals surface area (Å²) in [4.78, 5) is 12.7. The van der Waals surface area contributed by atoms with Gasteiger partial charge in [-0.15, -0.1) is 11.6 Å². The minimum atomic E-state index is -2.94. The van der Waals surface area contributed by atoms with E-state index in [0.29, 0.717) is 11.3 Å². The number of rotatable bonds is 4. The highest BCUT2D eigenvalue weighted by Crippen LogP contribution is 2.32. The van der Waals surface area contributed by atoms with Gasteiger partial charge in [0.2, 0.25) is 5.91 Å². The van der Waals surface area contributed by atoms with E-state index in [1.54, 1.807) is 19.1 Å². The van der Waals surface area contributed by atoms with E-state index in [-0.39, 0.29) is 17.5 Å². The van der Waals surface area contributed by atoms with Crippen LogP contribution in [0.4, 0.5) is 14.5 Å². The predicted octanol–water partition coefficient (Wildman–Crippen LogP) is 2.80. The third-order valence-electron chi connectivity index (χ3n) is 2.24. The molecule has 0 spiro atoms. The number of carbonyl (C=O) groups is 1. The Hall–Kier alpha value is -1.36. The first-order valence-corrected chi connectivity index (χ1v) is 5.37. The van der Waals surface area contributed by atoms with Crippen molar-refractivity contribution in [1.29, 1.82) is 0 Å². The number of nitrogens with zero attached hydrogens (tertiary/aromatic N) is 1. The number of ether oxygens (including phenoxy) is 1. The first-order chi connectivity index (χ1) is 7.97. The molecule has 0 N–H and O–H groups in total. The van der Waals surface area contributed by atoms with Crippen LogP contribution in [-0.2, 0) is 4.79 Å². The minimum Gasteiger partial charge on any atom is -0.433 e. The number of aryl methyl sites for hydroxylation is 1. The van der Waals surface area contributed by atoms with Crippen LogP contribution in [0.3, 0.4) is 0 Å². The lowest BCUT2D eigenvalue weighted by atomic mass is 10.1. The number of anilines is 1. The molecule has 17 heavy (non-hydrogen) atoms. The summed E-state index contributed by atoms with van der Waals surface area (Å²) in [5.74, 6) is -0.653. The molecule has 0 saturated heterocycles. The van der Waals surface area contributed by atoms with Crippen LogP contribution in [0.1, 0.15) is 5.56 Å². The Balaban J connectivity index is 3.15. The molecule has 0 aromatic heterocycles. The topological polar surface area (TPSA) is 29.5 Å². The van der Waals surface area contributed by atoms with Crippen molar-refractivity contribution in [1.82, 2.24) is 0 Å². The lowest BCUT2D eigenvalue weighted by Gasteiger charge is -2.21. The van der Waals surface area contributed by atoms with Gasteiger partial charge in [0.25, 0.3) is 0 Å². The second kappa shape index (κ2) is 5.82. The molecule has 1 rings (SSSR count). The highest BCUT2D eigenvalue weighted by Gasteiger charge is 2.18. The Bertz CT molecular complexity index is 412. The molecule has 0 bridgehead atoms. The van der Waals surface area contributed by atoms with Crippen LogP contribution in [0.15, 0.2) is 18.2 Å². The Morgan fingerprint density at radius 3 is 2.71 bits per heavy atom. The van der Waals surface area contributed by atoms with Crippen molar-refractivity contribution in [3.63, 3.8) is 0 Å². The van der Waals surface area contributed by atoms with Crippen LogP contribution in [0.5, 0.6) is 5.75 Å². The molecule has 3 nitrogen and oxygen atoms in total. The van der Waals surface area contributed by atoms with Crippen molar-refractivity contribution >= 4 is 23.2 Å². The highest BCUT2D eigenvalue weighted by atomic mass is 35.5. The Morgan fingerprint density at radius 1 is 1.53 bits per heavy atom. The first-order valence-electron chi connectivity index (χ1n) is 4.84. The summed E-state index contributed by atoms with van der Waals surface area (Å²) in [7, 11) is 1.46. The smallest absolute Gasteiger partial charge is 0.387 e. The van der Waals surface area contributed by atoms with Crippen molar-refractivity contribution in [2.75, 3.05) is 17.8 Å². The van der Waals surface area contributed by atoms with Crippen molar-refractivity contribution in [3.05, 3.63) is 23.8 Å². The van der Waals surface area contributed by atoms with Gasteiger partial charge in [-0.2, -0.15) is 8.78 Å². The summed E-state index contributed by atoms with van der Waals surface area (Å²) in [5, 5.41) is 0. The Labute approximate surface area is 103 Å². The lowest BCUT2D eigenvalue weighted by molar-refractivity contribution is -0.116. The van der Waals surface area contributed by atoms with Gasteiger partial charge in [-0.25, -0.2) is 0 Å². The molecule has 0 heterocycles. The summed E-state index contributed by atoms with van der Waals surface area (Å²) in [6, 6.07) is 4.66. The van der Waals surface area contributed by atoms with Crippen LogP contribution in [0.2, 0.25) is 0 Å². The van der Waals surface area contributed by atoms with Crippen molar-refractivity contribution in [2.45, 2.75) is 13.5 Å². The molecule has 0 atom stereocenters. The number of carbonyl (C=O) groups excluding carboxylic acids is 1. The van der Waals surface area contributed by atoms with Gasteiger partial charge in [0.05, 0.1) is 5.69 Å². The summed E-state index contributed by atoms with van der Waals surface area (Å²) < 4.78 is 28.8. The molecule has 0 radical (unpaired) electrons. The van der Waals surface area contributed by atoms with Gasteiger partial charge in [-0.1, -0.05) is 12.1 Å². The molecular formula is C11H12ClF2NO2. The summed E-state index contributed by atoms with van der Waals surface area (Å²) >= 11 is 5.43. The Morgan fingerprint density at radius 2 is 2.18 bits per heavy atom. The zero-order valence-electron chi connectivity index (χ0n) is 9.41. The van der Waals surface area contributed by atoms with Crippen LogP contribution >= 0.6 is 11.6 Å². The maximum absolute atomic E-state index is 12.2. The number of amides is 1. The average Bonchev–Trinajstić information content (AvgIpc) is 2.26. The molecule has 6 heteroatoms. The molecule has 0 fully saturated rings. The van der Waals surface area contributed by atoms with Gasteiger partial charge >= 0.3 is 6.61 Å². The number of halogens is 3. The standard InChI is InChI=1S/C11H12ClF2NO2/c1-7-4-3-5-8(17-11(13)14)10(7)15(2)9(16)6-12/h3-5,11H,6H2,1-2H3. The Kier molecular flexibility index (Phi) is 4.69. The fourth-order valence-electron chi connectivity index (χ4n) is 1.47. The van der Waals surface area contributed by atoms with E-state index in [1.807, 2.05) is 0 Å². The zero-order valence-corrected chi connectivity index (χ0v) is 10.2. The quantitative estimate of drug-likeness (QED) is 0.782. The fourth-order valence-corrected chi connectivity index (χ4v) is 1.65. The second-order valence-corrected chi connectivity index (χ2v) is 3.65. The maximum Gasteiger partial charge on any atom is 0.387 e. The molecule has 1 amide bonds. The van der Waals surface area contributed by atoms with Crippen LogP contribution in [0.25, 0.3) is 0 Å². The van der Waals surface area contributed by atoms with Crippen molar-refractivity contribution in [2.24, 2.45) is 0 Å². The van der Waals surface area contributed by atoms with Crippen molar-refractivity contribution in [3.8, 4) is 5.75 Å². The third-order valence-corrected chi connectivity index (χ3v) is 2.47. The number of para-hydroxylation sites is 1. The van der Waals surface area contributed by atoms with Gasteiger partial charge in [0.1, 0.15) is 11.6 Å². The molecule has 0 aliphatic rings. The molecule has 0 aliphatic heterocycles. The van der Waals surface area contributed by atoms with E-state index >= 15 is 0 Å². The third kappa shape index (κ3) is 3.30. The lowest BCUT2D eigenvalue weighted by Crippen LogP contribution is -2.28. The van der Waals surface area contributed by atoms with E-state index < -0.39 is 6.61 Å². The molecule has 1 aromatic rings. The van der Waals surface area contributed by atoms with Crippen LogP contribution in [-0.4, -0.2) is 25.4 Å². The van der Waals surface area contributed by atoms with E-state index in [0.717, 1.165) is 0 Å². The van der Waals surface area contributed by atoms with Crippen molar-refractivity contribution < 1.29 is 18.3 Å². The van der Waals surface area contributed by atoms with E-state index in [9.17, 15) is 13.6 Å². The second-order valence-electron chi connectivity index (χ2n) is 3.39. The molecule has 0 aliphatic carbocycles. The average molecular weight is 264 g/mol. The van der Waals surface area contributed by atoms with Gasteiger partial charge in [-0.05, 0) is 18.6 Å². The highest BCUT2D eigenvalue weighted by molar-refractivity contribution is 6.29. The molecular weight excluding hydrogens is 252 g/mol. The van der Waals surface area contributed by atoms with Crippen LogP contribution < -0.4 is 9.64 Å². The predicted molar refractivity (Wildman–Crippen MR) is 61.9 cm³/mol. The number of hydrogen-bond acceptors (Lipinski definition) is 2. The molecule has 0 saturated carbocycles. The summed E-state index contributed by atoms with van der Waals surface area (Å²) in [6.45, 7) is -1.24. The minimum absolute atomic E-state index is 0.0408. The monoisotopic (exact) mass is 263 g/mol. The normalized spacial score (nSPS) is 10.5. The number of hydrogen-bond donors (Lipinski definition) is 0. The number of alkyl halides is 3. The zero-order chi connectivity index (χ0) is 13.0. The van der Waals surface area contributed by atoms with Crippen LogP contribution in [0, 0.1) is 6.92 Å². The van der Waals surface area contributed by atoms with E-state index in [1.165, 1.54) is 18.0 Å². The molecule has 94 valence electrons. The fraction of sp³-hybridized carbons (Fsp3) is 0.364.